The van der Waals surface area contributed by atoms with Crippen molar-refractivity contribution in [3.63, 3.8) is 0 Å². The van der Waals surface area contributed by atoms with Crippen molar-refractivity contribution in [3.8, 4) is 55.1 Å². The number of aromatic nitrogens is 1. The van der Waals surface area contributed by atoms with Crippen LogP contribution in [0.5, 0.6) is 0 Å². The lowest BCUT2D eigenvalue weighted by Gasteiger charge is -2.26. The lowest BCUT2D eigenvalue weighted by molar-refractivity contribution is 0.669. The summed E-state index contributed by atoms with van der Waals surface area (Å²) in [6.07, 6.45) is 0. The van der Waals surface area contributed by atoms with E-state index in [-0.39, 0.29) is 0 Å². The van der Waals surface area contributed by atoms with Gasteiger partial charge in [0, 0.05) is 39.5 Å². The van der Waals surface area contributed by atoms with Crippen molar-refractivity contribution >= 4 is 60.6 Å². The maximum atomic E-state index is 6.51. The molecule has 3 nitrogen and oxygen atoms in total. The number of hydrogen-bond donors (Lipinski definition) is 0. The van der Waals surface area contributed by atoms with Crippen LogP contribution in [0.2, 0.25) is 0 Å². The summed E-state index contributed by atoms with van der Waals surface area (Å²) in [5, 5.41) is 3.11. The molecule has 0 unspecified atom stereocenters. The van der Waals surface area contributed by atoms with Gasteiger partial charge in [-0.25, -0.2) is 4.98 Å². The van der Waals surface area contributed by atoms with Crippen molar-refractivity contribution in [2.45, 2.75) is 0 Å². The molecule has 9 aromatic carbocycles. The Morgan fingerprint density at radius 1 is 0.339 bits per heavy atom. The Hall–Kier alpha value is -7.53. The first-order valence-electron chi connectivity index (χ1n) is 19.8. The number of benzene rings is 9. The third-order valence-corrected chi connectivity index (χ3v) is 12.2. The van der Waals surface area contributed by atoms with Gasteiger partial charge in [0.15, 0.2) is 0 Å². The van der Waals surface area contributed by atoms with E-state index in [1.807, 2.05) is 6.07 Å². The standard InChI is InChI=1S/C55H36N2OS/c1-4-10-37(11-5-1)40-16-18-42(19-17-40)44-26-30-47(31-27-44)57(46-28-24-43(25-29-46)39-14-8-3-9-15-39)48-32-33-52-49(34-48)50-35-51-54(36-53(50)58-52)59-55(56-51)45-22-20-41(21-23-45)38-12-6-2-7-13-38/h1-36H. The quantitative estimate of drug-likeness (QED) is 0.154. The second-order valence-corrected chi connectivity index (χ2v) is 15.8. The number of nitrogens with zero attached hydrogens (tertiary/aromatic N) is 2. The summed E-state index contributed by atoms with van der Waals surface area (Å²) < 4.78 is 7.62. The van der Waals surface area contributed by atoms with Crippen molar-refractivity contribution in [2.24, 2.45) is 0 Å². The van der Waals surface area contributed by atoms with Gasteiger partial charge in [-0.3, -0.25) is 0 Å². The molecule has 11 aromatic rings. The van der Waals surface area contributed by atoms with Crippen LogP contribution >= 0.6 is 11.3 Å². The molecule has 0 amide bonds. The monoisotopic (exact) mass is 772 g/mol. The van der Waals surface area contributed by atoms with Gasteiger partial charge in [-0.1, -0.05) is 164 Å². The van der Waals surface area contributed by atoms with Gasteiger partial charge in [0.1, 0.15) is 16.2 Å². The molecule has 11 rings (SSSR count). The number of hydrogen-bond acceptors (Lipinski definition) is 4. The van der Waals surface area contributed by atoms with Crippen molar-refractivity contribution in [1.29, 1.82) is 0 Å². The average Bonchev–Trinajstić information content (AvgIpc) is 3.90. The molecule has 2 heterocycles. The summed E-state index contributed by atoms with van der Waals surface area (Å²) in [6.45, 7) is 0. The second-order valence-electron chi connectivity index (χ2n) is 14.8. The number of anilines is 3. The molecule has 0 fully saturated rings. The molecule has 0 atom stereocenters. The van der Waals surface area contributed by atoms with Crippen LogP contribution in [-0.4, -0.2) is 4.98 Å². The van der Waals surface area contributed by atoms with E-state index in [2.05, 4.69) is 217 Å². The van der Waals surface area contributed by atoms with Crippen LogP contribution in [0.25, 0.3) is 87.2 Å². The summed E-state index contributed by atoms with van der Waals surface area (Å²) >= 11 is 1.70. The summed E-state index contributed by atoms with van der Waals surface area (Å²) in [7, 11) is 0. The van der Waals surface area contributed by atoms with E-state index < -0.39 is 0 Å². The molecule has 0 saturated carbocycles. The lowest BCUT2D eigenvalue weighted by Crippen LogP contribution is -2.09. The third-order valence-electron chi connectivity index (χ3n) is 11.1. The van der Waals surface area contributed by atoms with E-state index in [1.165, 1.54) is 44.5 Å². The van der Waals surface area contributed by atoms with Crippen LogP contribution in [0.3, 0.4) is 0 Å². The number of fused-ring (bicyclic) bond motifs is 4. The van der Waals surface area contributed by atoms with E-state index >= 15 is 0 Å². The highest BCUT2D eigenvalue weighted by Gasteiger charge is 2.18. The SMILES string of the molecule is c1ccc(-c2ccc(-c3ccc(N(c4ccc(-c5ccccc5)cc4)c4ccc5oc6cc7sc(-c8ccc(-c9ccccc9)cc8)nc7cc6c5c4)cc3)cc2)cc1. The largest absolute Gasteiger partial charge is 0.456 e. The second kappa shape index (κ2) is 14.8. The third kappa shape index (κ3) is 6.66. The lowest BCUT2D eigenvalue weighted by atomic mass is 10.00. The van der Waals surface area contributed by atoms with Crippen molar-refractivity contribution in [3.05, 3.63) is 218 Å². The molecule has 0 aliphatic heterocycles. The Bertz CT molecular complexity index is 3210. The average molecular weight is 773 g/mol. The predicted molar refractivity (Wildman–Crippen MR) is 249 cm³/mol. The maximum absolute atomic E-state index is 6.51. The first kappa shape index (κ1) is 34.7. The molecule has 0 aliphatic rings. The maximum Gasteiger partial charge on any atom is 0.136 e. The normalized spacial score (nSPS) is 11.4. The molecule has 0 spiro atoms. The Labute approximate surface area is 346 Å². The molecule has 4 heteroatoms. The predicted octanol–water partition coefficient (Wildman–Crippen LogP) is 16.0. The first-order chi connectivity index (χ1) is 29.2. The van der Waals surface area contributed by atoms with E-state index in [4.69, 9.17) is 9.40 Å². The Balaban J connectivity index is 0.960. The van der Waals surface area contributed by atoms with Gasteiger partial charge in [-0.05, 0) is 93.0 Å². The van der Waals surface area contributed by atoms with Crippen LogP contribution < -0.4 is 4.90 Å². The smallest absolute Gasteiger partial charge is 0.136 e. The number of thiazole rings is 1. The molecule has 0 aliphatic carbocycles. The van der Waals surface area contributed by atoms with E-state index in [9.17, 15) is 0 Å². The van der Waals surface area contributed by atoms with E-state index in [0.717, 1.165) is 59.8 Å². The Morgan fingerprint density at radius 3 is 1.20 bits per heavy atom. The molecular weight excluding hydrogens is 737 g/mol. The zero-order valence-electron chi connectivity index (χ0n) is 32.0. The minimum absolute atomic E-state index is 0.854. The molecule has 0 saturated heterocycles. The fourth-order valence-corrected chi connectivity index (χ4v) is 9.04. The van der Waals surface area contributed by atoms with Gasteiger partial charge in [-0.2, -0.15) is 0 Å². The summed E-state index contributed by atoms with van der Waals surface area (Å²) in [6, 6.07) is 77.6. The van der Waals surface area contributed by atoms with Crippen LogP contribution in [0, 0.1) is 0 Å². The molecule has 0 N–H and O–H groups in total. The van der Waals surface area contributed by atoms with Gasteiger partial charge in [0.2, 0.25) is 0 Å². The zero-order valence-corrected chi connectivity index (χ0v) is 32.8. The Morgan fingerprint density at radius 2 is 0.729 bits per heavy atom. The number of furan rings is 1. The van der Waals surface area contributed by atoms with Crippen molar-refractivity contribution in [1.82, 2.24) is 4.98 Å². The highest BCUT2D eigenvalue weighted by atomic mass is 32.1. The van der Waals surface area contributed by atoms with Crippen LogP contribution in [-0.2, 0) is 0 Å². The highest BCUT2D eigenvalue weighted by molar-refractivity contribution is 7.21. The Kier molecular flexibility index (Phi) is 8.68. The van der Waals surface area contributed by atoms with Crippen LogP contribution in [0.4, 0.5) is 17.1 Å². The van der Waals surface area contributed by atoms with Gasteiger partial charge >= 0.3 is 0 Å². The summed E-state index contributed by atoms with van der Waals surface area (Å²) in [5.41, 5.74) is 16.5. The molecule has 2 aromatic heterocycles. The summed E-state index contributed by atoms with van der Waals surface area (Å²) in [4.78, 5) is 7.45. The molecule has 278 valence electrons. The van der Waals surface area contributed by atoms with Gasteiger partial charge < -0.3 is 9.32 Å². The summed E-state index contributed by atoms with van der Waals surface area (Å²) in [5.74, 6) is 0. The van der Waals surface area contributed by atoms with Crippen LogP contribution in [0.15, 0.2) is 223 Å². The fourth-order valence-electron chi connectivity index (χ4n) is 8.05. The van der Waals surface area contributed by atoms with Gasteiger partial charge in [0.25, 0.3) is 0 Å². The van der Waals surface area contributed by atoms with E-state index in [0.29, 0.717) is 0 Å². The highest BCUT2D eigenvalue weighted by Crippen LogP contribution is 2.42. The van der Waals surface area contributed by atoms with Gasteiger partial charge in [-0.15, -0.1) is 11.3 Å². The zero-order chi connectivity index (χ0) is 39.1. The first-order valence-corrected chi connectivity index (χ1v) is 20.7. The van der Waals surface area contributed by atoms with Gasteiger partial charge in [0.05, 0.1) is 10.2 Å². The van der Waals surface area contributed by atoms with Crippen molar-refractivity contribution in [2.75, 3.05) is 4.90 Å². The number of rotatable bonds is 8. The van der Waals surface area contributed by atoms with Crippen molar-refractivity contribution < 1.29 is 4.42 Å². The molecular formula is C55H36N2OS. The fraction of sp³-hybridized carbons (Fsp3) is 0. The molecule has 0 radical (unpaired) electrons. The minimum atomic E-state index is 0.854. The molecule has 0 bridgehead atoms. The topological polar surface area (TPSA) is 29.3 Å². The van der Waals surface area contributed by atoms with E-state index in [1.54, 1.807) is 11.3 Å². The molecule has 59 heavy (non-hydrogen) atoms. The van der Waals surface area contributed by atoms with Crippen LogP contribution in [0.1, 0.15) is 0 Å². The minimum Gasteiger partial charge on any atom is -0.456 e.